The molecule has 0 saturated heterocycles. The van der Waals surface area contributed by atoms with E-state index in [0.29, 0.717) is 19.5 Å². The number of nitrogens with one attached hydrogen (secondary N) is 1. The number of aliphatic hydroxyl groups is 1. The van der Waals surface area contributed by atoms with Gasteiger partial charge in [-0.15, -0.1) is 0 Å². The Balaban J connectivity index is 2.25. The first-order chi connectivity index (χ1) is 8.97. The lowest BCUT2D eigenvalue weighted by molar-refractivity contribution is -0.122. The van der Waals surface area contributed by atoms with Gasteiger partial charge in [0.25, 0.3) is 0 Å². The molecule has 0 aliphatic carbocycles. The summed E-state index contributed by atoms with van der Waals surface area (Å²) in [5, 5.41) is 11.9. The highest BCUT2D eigenvalue weighted by atomic mass is 19.1. The molecule has 0 radical (unpaired) electrons. The third kappa shape index (κ3) is 6.88. The summed E-state index contributed by atoms with van der Waals surface area (Å²) < 4.78 is 12.7. The first-order valence-corrected chi connectivity index (χ1v) is 6.35. The van der Waals surface area contributed by atoms with Crippen molar-refractivity contribution >= 4 is 5.91 Å². The van der Waals surface area contributed by atoms with E-state index < -0.39 is 0 Å². The first kappa shape index (κ1) is 15.6. The van der Waals surface area contributed by atoms with Gasteiger partial charge < -0.3 is 10.4 Å². The number of hydrogen-bond donors (Lipinski definition) is 2. The van der Waals surface area contributed by atoms with E-state index in [2.05, 4.69) is 5.32 Å². The summed E-state index contributed by atoms with van der Waals surface area (Å²) in [5.74, 6) is -0.370. The Bertz CT molecular complexity index is 393. The molecule has 106 valence electrons. The summed E-state index contributed by atoms with van der Waals surface area (Å²) >= 11 is 0. The minimum Gasteiger partial charge on any atom is -0.393 e. The maximum absolute atomic E-state index is 12.7. The molecule has 0 aliphatic heterocycles. The molecule has 1 aromatic rings. The topological polar surface area (TPSA) is 52.6 Å². The number of aliphatic hydroxyl groups excluding tert-OH is 1. The van der Waals surface area contributed by atoms with E-state index in [1.165, 1.54) is 12.1 Å². The molecule has 0 fully saturated rings. The number of hydrogen-bond acceptors (Lipinski definition) is 3. The highest BCUT2D eigenvalue weighted by Crippen LogP contribution is 2.02. The summed E-state index contributed by atoms with van der Waals surface area (Å²) in [6.07, 6.45) is 0.284. The van der Waals surface area contributed by atoms with Crippen LogP contribution in [0.3, 0.4) is 0 Å². The molecule has 1 unspecified atom stereocenters. The van der Waals surface area contributed by atoms with Gasteiger partial charge >= 0.3 is 0 Å². The number of halogens is 1. The van der Waals surface area contributed by atoms with Crippen molar-refractivity contribution < 1.29 is 14.3 Å². The van der Waals surface area contributed by atoms with Gasteiger partial charge in [0.15, 0.2) is 0 Å². The number of amides is 1. The molecule has 2 N–H and O–H groups in total. The van der Waals surface area contributed by atoms with Gasteiger partial charge in [0.2, 0.25) is 5.91 Å². The molecule has 0 aliphatic rings. The predicted octanol–water partition coefficient (Wildman–Crippen LogP) is 1.14. The third-order valence-corrected chi connectivity index (χ3v) is 2.75. The van der Waals surface area contributed by atoms with Crippen molar-refractivity contribution in [3.05, 3.63) is 35.6 Å². The second-order valence-corrected chi connectivity index (χ2v) is 4.78. The lowest BCUT2D eigenvalue weighted by atomic mass is 10.2. The van der Waals surface area contributed by atoms with Crippen LogP contribution in [0.4, 0.5) is 4.39 Å². The van der Waals surface area contributed by atoms with Crippen molar-refractivity contribution in [1.82, 2.24) is 10.2 Å². The molecule has 0 heterocycles. The molecular formula is C14H21FN2O2. The number of carbonyl (C=O) groups excluding carboxylic acids is 1. The van der Waals surface area contributed by atoms with Crippen LogP contribution >= 0.6 is 0 Å². The van der Waals surface area contributed by atoms with Crippen LogP contribution in [0.5, 0.6) is 0 Å². The number of carbonyl (C=O) groups is 1. The monoisotopic (exact) mass is 268 g/mol. The van der Waals surface area contributed by atoms with Crippen LogP contribution in [-0.2, 0) is 11.3 Å². The molecule has 0 aromatic heterocycles. The van der Waals surface area contributed by atoms with Gasteiger partial charge in [-0.05, 0) is 38.1 Å². The molecule has 0 bridgehead atoms. The molecule has 1 aromatic carbocycles. The number of nitrogens with zero attached hydrogens (tertiary/aromatic N) is 1. The number of rotatable bonds is 7. The predicted molar refractivity (Wildman–Crippen MR) is 72.0 cm³/mol. The molecule has 1 rings (SSSR count). The normalized spacial score (nSPS) is 12.5. The quantitative estimate of drug-likeness (QED) is 0.780. The Morgan fingerprint density at radius 3 is 2.63 bits per heavy atom. The Morgan fingerprint density at radius 1 is 1.42 bits per heavy atom. The molecule has 1 amide bonds. The molecule has 5 heteroatoms. The van der Waals surface area contributed by atoms with E-state index in [0.717, 1.165) is 5.56 Å². The molecule has 0 saturated carbocycles. The fourth-order valence-electron chi connectivity index (χ4n) is 1.59. The van der Waals surface area contributed by atoms with Crippen LogP contribution < -0.4 is 5.32 Å². The van der Waals surface area contributed by atoms with Gasteiger partial charge in [0, 0.05) is 13.1 Å². The first-order valence-electron chi connectivity index (χ1n) is 6.35. The summed E-state index contributed by atoms with van der Waals surface area (Å²) in [6.45, 7) is 3.07. The lowest BCUT2D eigenvalue weighted by Crippen LogP contribution is -2.35. The van der Waals surface area contributed by atoms with Gasteiger partial charge in [0.05, 0.1) is 12.6 Å². The van der Waals surface area contributed by atoms with E-state index in [1.54, 1.807) is 19.1 Å². The fraction of sp³-hybridized carbons (Fsp3) is 0.500. The van der Waals surface area contributed by atoms with Crippen LogP contribution in [0.15, 0.2) is 24.3 Å². The highest BCUT2D eigenvalue weighted by molar-refractivity contribution is 5.77. The summed E-state index contributed by atoms with van der Waals surface area (Å²) in [5.41, 5.74) is 0.862. The zero-order valence-electron chi connectivity index (χ0n) is 11.4. The van der Waals surface area contributed by atoms with Crippen molar-refractivity contribution in [1.29, 1.82) is 0 Å². The maximum atomic E-state index is 12.7. The number of benzene rings is 1. The smallest absolute Gasteiger partial charge is 0.234 e. The van der Waals surface area contributed by atoms with Gasteiger partial charge in [-0.3, -0.25) is 9.69 Å². The van der Waals surface area contributed by atoms with Crippen molar-refractivity contribution in [2.45, 2.75) is 26.0 Å². The Morgan fingerprint density at radius 2 is 2.05 bits per heavy atom. The standard InChI is InChI=1S/C14H21FN2O2/c1-11(18)7-8-17(2)10-14(19)16-9-12-3-5-13(15)6-4-12/h3-6,11,18H,7-10H2,1-2H3,(H,16,19). The molecule has 4 nitrogen and oxygen atoms in total. The average molecular weight is 268 g/mol. The Kier molecular flexibility index (Phi) is 6.45. The van der Waals surface area contributed by atoms with E-state index in [-0.39, 0.29) is 24.4 Å². The summed E-state index contributed by atoms with van der Waals surface area (Å²) in [6, 6.07) is 6.03. The second-order valence-electron chi connectivity index (χ2n) is 4.78. The van der Waals surface area contributed by atoms with Gasteiger partial charge in [-0.2, -0.15) is 0 Å². The van der Waals surface area contributed by atoms with Crippen molar-refractivity contribution in [3.8, 4) is 0 Å². The average Bonchev–Trinajstić information content (AvgIpc) is 2.36. The largest absolute Gasteiger partial charge is 0.393 e. The summed E-state index contributed by atoms with van der Waals surface area (Å²) in [7, 11) is 1.83. The van der Waals surface area contributed by atoms with Crippen LogP contribution in [0, 0.1) is 5.82 Å². The van der Waals surface area contributed by atoms with Crippen molar-refractivity contribution in [2.75, 3.05) is 20.1 Å². The Hall–Kier alpha value is -1.46. The van der Waals surface area contributed by atoms with Crippen LogP contribution in [0.1, 0.15) is 18.9 Å². The van der Waals surface area contributed by atoms with E-state index in [9.17, 15) is 9.18 Å². The van der Waals surface area contributed by atoms with E-state index >= 15 is 0 Å². The SMILES string of the molecule is CC(O)CCN(C)CC(=O)NCc1ccc(F)cc1. The van der Waals surface area contributed by atoms with E-state index in [4.69, 9.17) is 5.11 Å². The van der Waals surface area contributed by atoms with Crippen molar-refractivity contribution in [3.63, 3.8) is 0 Å². The zero-order chi connectivity index (χ0) is 14.3. The van der Waals surface area contributed by atoms with Crippen LogP contribution in [0.25, 0.3) is 0 Å². The molecule has 0 spiro atoms. The Labute approximate surface area is 113 Å². The minimum absolute atomic E-state index is 0.0857. The van der Waals surface area contributed by atoms with Gasteiger partial charge in [-0.25, -0.2) is 4.39 Å². The van der Waals surface area contributed by atoms with Gasteiger partial charge in [-0.1, -0.05) is 12.1 Å². The maximum Gasteiger partial charge on any atom is 0.234 e. The van der Waals surface area contributed by atoms with Crippen molar-refractivity contribution in [2.24, 2.45) is 0 Å². The molecular weight excluding hydrogens is 247 g/mol. The molecule has 19 heavy (non-hydrogen) atoms. The lowest BCUT2D eigenvalue weighted by Gasteiger charge is -2.17. The second kappa shape index (κ2) is 7.86. The van der Waals surface area contributed by atoms with Crippen LogP contribution in [0.2, 0.25) is 0 Å². The zero-order valence-corrected chi connectivity index (χ0v) is 11.4. The fourth-order valence-corrected chi connectivity index (χ4v) is 1.59. The minimum atomic E-state index is -0.357. The highest BCUT2D eigenvalue weighted by Gasteiger charge is 2.07. The van der Waals surface area contributed by atoms with E-state index in [1.807, 2.05) is 11.9 Å². The number of likely N-dealkylation sites (N-methyl/N-ethyl adjacent to an activating group) is 1. The van der Waals surface area contributed by atoms with Crippen LogP contribution in [-0.4, -0.2) is 42.2 Å². The molecule has 1 atom stereocenters. The summed E-state index contributed by atoms with van der Waals surface area (Å²) in [4.78, 5) is 13.5. The van der Waals surface area contributed by atoms with Gasteiger partial charge in [0.1, 0.15) is 5.82 Å². The third-order valence-electron chi connectivity index (χ3n) is 2.75.